The van der Waals surface area contributed by atoms with Gasteiger partial charge < -0.3 is 19.1 Å². The first-order valence-corrected chi connectivity index (χ1v) is 14.4. The van der Waals surface area contributed by atoms with Crippen LogP contribution in [0.4, 0.5) is 0 Å². The summed E-state index contributed by atoms with van der Waals surface area (Å²) in [6, 6.07) is 9.51. The van der Waals surface area contributed by atoms with Gasteiger partial charge in [-0.25, -0.2) is 19.7 Å². The molecule has 3 heterocycles. The number of hydrogen-bond acceptors (Lipinski definition) is 7. The second kappa shape index (κ2) is 12.5. The smallest absolute Gasteiger partial charge is 0.354 e. The van der Waals surface area contributed by atoms with E-state index >= 15 is 0 Å². The molecular weight excluding hydrogens is 544 g/mol. The molecule has 11 heteroatoms. The van der Waals surface area contributed by atoms with Gasteiger partial charge >= 0.3 is 5.97 Å². The molecule has 0 spiro atoms. The molecule has 40 heavy (non-hydrogen) atoms. The van der Waals surface area contributed by atoms with Gasteiger partial charge in [0.2, 0.25) is 5.88 Å². The van der Waals surface area contributed by atoms with Gasteiger partial charge in [-0.05, 0) is 60.7 Å². The maximum atomic E-state index is 11.5. The van der Waals surface area contributed by atoms with Crippen LogP contribution >= 0.6 is 18.5 Å². The summed E-state index contributed by atoms with van der Waals surface area (Å²) in [5.74, 6) is 1.51. The van der Waals surface area contributed by atoms with Gasteiger partial charge in [-0.2, -0.15) is 4.98 Å². The Morgan fingerprint density at radius 2 is 2.00 bits per heavy atom. The number of hydrogen-bond donors (Lipinski definition) is 1. The van der Waals surface area contributed by atoms with Gasteiger partial charge in [0.15, 0.2) is 17.2 Å². The Morgan fingerprint density at radius 1 is 1.15 bits per heavy atom. The minimum Gasteiger partial charge on any atom is -0.477 e. The lowest BCUT2D eigenvalue weighted by Crippen LogP contribution is -2.16. The van der Waals surface area contributed by atoms with Crippen LogP contribution in [0.5, 0.6) is 5.88 Å². The molecule has 3 aromatic heterocycles. The summed E-state index contributed by atoms with van der Waals surface area (Å²) < 4.78 is 13.4. The molecule has 0 fully saturated rings. The van der Waals surface area contributed by atoms with Crippen molar-refractivity contribution in [2.75, 3.05) is 13.7 Å². The lowest BCUT2D eigenvalue weighted by molar-refractivity contribution is 0.0691. The van der Waals surface area contributed by atoms with Crippen molar-refractivity contribution >= 4 is 51.8 Å². The van der Waals surface area contributed by atoms with Crippen LogP contribution in [0.2, 0.25) is 0 Å². The third-order valence-electron chi connectivity index (χ3n) is 7.13. The van der Waals surface area contributed by atoms with Crippen LogP contribution in [0.15, 0.2) is 42.6 Å². The number of aromatic carboxylic acids is 1. The number of ether oxygens (including phenoxy) is 2. The number of imidazole rings is 1. The fraction of sp³-hybridized carbons (Fsp3) is 0.345. The summed E-state index contributed by atoms with van der Waals surface area (Å²) in [4.78, 5) is 30.0. The highest BCUT2D eigenvalue weighted by atomic mass is 31.0. The van der Waals surface area contributed by atoms with Gasteiger partial charge in [-0.1, -0.05) is 39.1 Å². The van der Waals surface area contributed by atoms with Crippen molar-refractivity contribution in [2.45, 2.75) is 45.8 Å². The standard InChI is InChI=1S/C29H33N5O4P2/c1-17-3-6-20(23(39)13-17)16-38-28-24(40)15-30-26(33-28)19-7-4-18(5-8-19)14-25-31-21-9-10-22(29(35)36)32-27(21)34(25)11-12-37-2/h3,6-7,9-10,13,15,18H,4-5,8,11-12,14,16,39-40H2,1-2H3,(H,35,36). The van der Waals surface area contributed by atoms with Crippen molar-refractivity contribution in [1.29, 1.82) is 0 Å². The van der Waals surface area contributed by atoms with Crippen molar-refractivity contribution in [2.24, 2.45) is 5.92 Å². The van der Waals surface area contributed by atoms with Gasteiger partial charge in [-0.15, -0.1) is 9.24 Å². The number of pyridine rings is 1. The van der Waals surface area contributed by atoms with Crippen LogP contribution in [-0.4, -0.2) is 49.3 Å². The van der Waals surface area contributed by atoms with Crippen molar-refractivity contribution < 1.29 is 19.4 Å². The minimum absolute atomic E-state index is 0.00981. The van der Waals surface area contributed by atoms with E-state index < -0.39 is 5.97 Å². The van der Waals surface area contributed by atoms with Crippen molar-refractivity contribution in [3.8, 4) is 5.88 Å². The van der Waals surface area contributed by atoms with E-state index in [9.17, 15) is 9.90 Å². The summed E-state index contributed by atoms with van der Waals surface area (Å²) in [6.45, 7) is 3.56. The van der Waals surface area contributed by atoms with Gasteiger partial charge in [0.1, 0.15) is 17.9 Å². The van der Waals surface area contributed by atoms with Crippen LogP contribution in [0.25, 0.3) is 16.7 Å². The molecule has 4 aromatic rings. The molecule has 0 aliphatic heterocycles. The van der Waals surface area contributed by atoms with Gasteiger partial charge in [-0.3, -0.25) is 0 Å². The summed E-state index contributed by atoms with van der Waals surface area (Å²) in [5.41, 5.74) is 4.72. The third kappa shape index (κ3) is 6.38. The molecule has 1 aliphatic rings. The first-order valence-electron chi connectivity index (χ1n) is 13.2. The maximum absolute atomic E-state index is 11.5. The Balaban J connectivity index is 1.29. The molecule has 1 aliphatic carbocycles. The third-order valence-corrected chi connectivity index (χ3v) is 8.07. The first-order chi connectivity index (χ1) is 19.3. The second-order valence-corrected chi connectivity index (χ2v) is 11.3. The number of fused-ring (bicyclic) bond motifs is 1. The molecular formula is C29H33N5O4P2. The number of aryl methyl sites for hydroxylation is 1. The highest BCUT2D eigenvalue weighted by Gasteiger charge is 2.22. The van der Waals surface area contributed by atoms with Crippen molar-refractivity contribution in [1.82, 2.24) is 24.5 Å². The predicted molar refractivity (Wildman–Crippen MR) is 162 cm³/mol. The van der Waals surface area contributed by atoms with E-state index in [0.29, 0.717) is 48.5 Å². The van der Waals surface area contributed by atoms with Crippen molar-refractivity contribution in [3.05, 3.63) is 71.1 Å². The normalized spacial score (nSPS) is 15.3. The Kier molecular flexibility index (Phi) is 8.84. The first kappa shape index (κ1) is 28.3. The fourth-order valence-corrected chi connectivity index (χ4v) is 5.58. The monoisotopic (exact) mass is 577 g/mol. The molecule has 1 aromatic carbocycles. The predicted octanol–water partition coefficient (Wildman–Crippen LogP) is 3.88. The zero-order valence-corrected chi connectivity index (χ0v) is 24.9. The lowest BCUT2D eigenvalue weighted by atomic mass is 9.87. The van der Waals surface area contributed by atoms with E-state index in [4.69, 9.17) is 19.4 Å². The summed E-state index contributed by atoms with van der Waals surface area (Å²) in [6.07, 6.45) is 7.48. The number of methoxy groups -OCH3 is 1. The van der Waals surface area contributed by atoms with E-state index in [1.807, 2.05) is 4.57 Å². The zero-order valence-electron chi connectivity index (χ0n) is 22.6. The fourth-order valence-electron chi connectivity index (χ4n) is 4.91. The molecule has 0 amide bonds. The Bertz CT molecular complexity index is 1590. The number of rotatable bonds is 10. The highest BCUT2D eigenvalue weighted by Crippen LogP contribution is 2.31. The minimum atomic E-state index is -1.05. The van der Waals surface area contributed by atoms with Gasteiger partial charge in [0.05, 0.1) is 6.61 Å². The SMILES string of the molecule is COCCn1c(CC2CC=C(c3ncc(P)c(OCc4ccc(C)cc4P)n3)CC2)nc2ccc(C(=O)O)nc21. The molecule has 3 unspecified atom stereocenters. The molecule has 0 saturated heterocycles. The topological polar surface area (TPSA) is 112 Å². The molecule has 0 saturated carbocycles. The second-order valence-electron chi connectivity index (χ2n) is 10.0. The molecule has 0 bridgehead atoms. The zero-order chi connectivity index (χ0) is 28.2. The number of nitrogens with zero attached hydrogens (tertiary/aromatic N) is 5. The van der Waals surface area contributed by atoms with Crippen molar-refractivity contribution in [3.63, 3.8) is 0 Å². The number of carboxylic acids is 1. The lowest BCUT2D eigenvalue weighted by Gasteiger charge is -2.22. The molecule has 208 valence electrons. The van der Waals surface area contributed by atoms with Gasteiger partial charge in [0, 0.05) is 31.6 Å². The van der Waals surface area contributed by atoms with E-state index in [1.54, 1.807) is 19.4 Å². The summed E-state index contributed by atoms with van der Waals surface area (Å²) >= 11 is 0. The number of allylic oxidation sites excluding steroid dienone is 2. The number of carboxylic acid groups (broad SMARTS) is 1. The number of benzene rings is 1. The summed E-state index contributed by atoms with van der Waals surface area (Å²) in [5, 5.41) is 11.3. The Morgan fingerprint density at radius 3 is 2.73 bits per heavy atom. The van der Waals surface area contributed by atoms with Crippen LogP contribution in [-0.2, 0) is 24.3 Å². The van der Waals surface area contributed by atoms with Crippen LogP contribution in [0.3, 0.4) is 0 Å². The number of aromatic nitrogens is 5. The van der Waals surface area contributed by atoms with E-state index in [1.165, 1.54) is 11.6 Å². The highest BCUT2D eigenvalue weighted by molar-refractivity contribution is 7.27. The van der Waals surface area contributed by atoms with E-state index in [-0.39, 0.29) is 5.69 Å². The van der Waals surface area contributed by atoms with Crippen LogP contribution in [0, 0.1) is 12.8 Å². The summed E-state index contributed by atoms with van der Waals surface area (Å²) in [7, 11) is 7.07. The van der Waals surface area contributed by atoms with Gasteiger partial charge in [0.25, 0.3) is 0 Å². The quantitative estimate of drug-likeness (QED) is 0.283. The molecule has 0 radical (unpaired) electrons. The number of carbonyl (C=O) groups is 1. The molecule has 1 N–H and O–H groups in total. The maximum Gasteiger partial charge on any atom is 0.354 e. The largest absolute Gasteiger partial charge is 0.477 e. The Hall–Kier alpha value is -3.25. The van der Waals surface area contributed by atoms with Crippen LogP contribution in [0.1, 0.15) is 52.5 Å². The van der Waals surface area contributed by atoms with E-state index in [0.717, 1.165) is 53.3 Å². The average Bonchev–Trinajstić information content (AvgIpc) is 3.28. The van der Waals surface area contributed by atoms with Crippen LogP contribution < -0.4 is 15.3 Å². The molecule has 9 nitrogen and oxygen atoms in total. The molecule has 5 rings (SSSR count). The van der Waals surface area contributed by atoms with E-state index in [2.05, 4.69) is 59.6 Å². The molecule has 3 atom stereocenters. The average molecular weight is 578 g/mol. The Labute approximate surface area is 237 Å².